The smallest absolute Gasteiger partial charge is 0 e. The summed E-state index contributed by atoms with van der Waals surface area (Å²) in [6.07, 6.45) is 4.10. The van der Waals surface area contributed by atoms with Crippen LogP contribution >= 0.6 is 0 Å². The molecule has 1 aliphatic rings. The van der Waals surface area contributed by atoms with E-state index >= 15 is 0 Å². The van der Waals surface area contributed by atoms with Crippen LogP contribution in [-0.2, 0) is 63.8 Å². The summed E-state index contributed by atoms with van der Waals surface area (Å²) in [6, 6.07) is 8.03. The number of para-hydroxylation sites is 1. The van der Waals surface area contributed by atoms with Crippen LogP contribution in [0.5, 0.6) is 5.75 Å². The Hall–Kier alpha value is 1.75. The Morgan fingerprint density at radius 2 is 1.79 bits per heavy atom. The van der Waals surface area contributed by atoms with Crippen LogP contribution in [0, 0.1) is 0 Å². The van der Waals surface area contributed by atoms with E-state index in [1.54, 1.807) is 0 Å². The molecule has 1 nitrogen and oxygen atoms in total. The fourth-order valence-corrected chi connectivity index (χ4v) is 1.06. The quantitative estimate of drug-likeness (QED) is 0.418. The van der Waals surface area contributed by atoms with Crippen LogP contribution < -0.4 is 4.74 Å². The standard InChI is InChI=1S/C9H8O.Cd.Cu.Pb.Zn.2H/c1-2-6-9-8(4-1)5-3-7-10-9;;;;;;/h1-6H,7H2;;;;;;. The van der Waals surface area contributed by atoms with Gasteiger partial charge in [-0.3, -0.25) is 0 Å². The molecule has 0 unspecified atom stereocenters. The van der Waals surface area contributed by atoms with Gasteiger partial charge in [0.1, 0.15) is 12.4 Å². The van der Waals surface area contributed by atoms with Gasteiger partial charge in [0.05, 0.1) is 0 Å². The van der Waals surface area contributed by atoms with E-state index in [0.29, 0.717) is 6.61 Å². The third-order valence-electron chi connectivity index (χ3n) is 1.55. The molecule has 1 aliphatic heterocycles. The van der Waals surface area contributed by atoms with Crippen molar-refractivity contribution in [3.8, 4) is 5.75 Å². The maximum Gasteiger partial charge on any atom is 0 e. The maximum absolute atomic E-state index is 5.34. The molecule has 0 fully saturated rings. The Morgan fingerprint density at radius 1 is 1.14 bits per heavy atom. The molecular formula is C9H10CdCuOPbZn. The zero-order valence-electron chi connectivity index (χ0n) is 8.00. The van der Waals surface area contributed by atoms with Crippen LogP contribution in [0.4, 0.5) is 0 Å². The second-order valence-corrected chi connectivity index (χ2v) is 2.25. The van der Waals surface area contributed by atoms with Gasteiger partial charge >= 0.3 is 27.3 Å². The summed E-state index contributed by atoms with van der Waals surface area (Å²) in [5, 5.41) is 0. The minimum atomic E-state index is 0. The van der Waals surface area contributed by atoms with E-state index in [1.165, 1.54) is 5.56 Å². The normalized spacial score (nSPS) is 10.0. The number of fused-ring (bicyclic) bond motifs is 1. The summed E-state index contributed by atoms with van der Waals surface area (Å²) in [4.78, 5) is 0. The topological polar surface area (TPSA) is 9.23 Å². The number of hydrogen-bond donors (Lipinski definition) is 0. The molecular weight excluding hydrogens is 573 g/mol. The molecule has 0 saturated heterocycles. The fraction of sp³-hybridized carbons (Fsp3) is 0.111. The molecule has 3 radical (unpaired) electrons. The van der Waals surface area contributed by atoms with Crippen molar-refractivity contribution in [2.45, 2.75) is 0 Å². The first-order valence-corrected chi connectivity index (χ1v) is 3.35. The Bertz CT molecular complexity index is 283. The molecule has 0 atom stereocenters. The summed E-state index contributed by atoms with van der Waals surface area (Å²) in [5.74, 6) is 0.991. The third-order valence-corrected chi connectivity index (χ3v) is 1.55. The van der Waals surface area contributed by atoms with Gasteiger partial charge in [0.15, 0.2) is 0 Å². The second kappa shape index (κ2) is 11.2. The summed E-state index contributed by atoms with van der Waals surface area (Å²) in [5.41, 5.74) is 1.17. The van der Waals surface area contributed by atoms with Crippen molar-refractivity contribution >= 4 is 33.4 Å². The summed E-state index contributed by atoms with van der Waals surface area (Å²) in [7, 11) is 0. The molecule has 0 aromatic heterocycles. The molecule has 1 heterocycles. The number of rotatable bonds is 0. The summed E-state index contributed by atoms with van der Waals surface area (Å²) in [6.45, 7) is 0.705. The van der Waals surface area contributed by atoms with Crippen molar-refractivity contribution in [2.24, 2.45) is 0 Å². The van der Waals surface area contributed by atoms with E-state index in [4.69, 9.17) is 4.74 Å². The number of hydrogen-bond acceptors (Lipinski definition) is 1. The van der Waals surface area contributed by atoms with Crippen molar-refractivity contribution in [1.82, 2.24) is 0 Å². The van der Waals surface area contributed by atoms with Crippen molar-refractivity contribution < 1.29 is 68.6 Å². The van der Waals surface area contributed by atoms with Gasteiger partial charge in [-0.15, -0.1) is 0 Å². The van der Waals surface area contributed by atoms with Gasteiger partial charge < -0.3 is 4.74 Å². The maximum atomic E-state index is 5.34. The predicted molar refractivity (Wildman–Crippen MR) is 49.5 cm³/mol. The molecule has 0 aliphatic carbocycles. The molecule has 14 heavy (non-hydrogen) atoms. The van der Waals surface area contributed by atoms with Crippen molar-refractivity contribution in [3.63, 3.8) is 0 Å². The van der Waals surface area contributed by atoms with E-state index in [0.717, 1.165) is 5.75 Å². The van der Waals surface area contributed by atoms with Crippen molar-refractivity contribution in [2.75, 3.05) is 6.61 Å². The zero-order valence-corrected chi connectivity index (χ0v) is 21.4. The third kappa shape index (κ3) is 5.73. The number of ether oxygens (including phenoxy) is 1. The zero-order chi connectivity index (χ0) is 6.81. The number of benzene rings is 1. The molecule has 0 N–H and O–H groups in total. The average molecular weight is 583 g/mol. The van der Waals surface area contributed by atoms with Gasteiger partial charge in [0, 0.05) is 69.4 Å². The fourth-order valence-electron chi connectivity index (χ4n) is 1.06. The van der Waals surface area contributed by atoms with Gasteiger partial charge in [0.25, 0.3) is 0 Å². The molecule has 71 valence electrons. The Morgan fingerprint density at radius 3 is 2.43 bits per heavy atom. The van der Waals surface area contributed by atoms with E-state index in [2.05, 4.69) is 6.08 Å². The summed E-state index contributed by atoms with van der Waals surface area (Å²) < 4.78 is 5.34. The largest absolute Gasteiger partial charge is 0 e. The first kappa shape index (κ1) is 21.1. The molecule has 0 bridgehead atoms. The second-order valence-electron chi connectivity index (χ2n) is 2.25. The molecule has 1 aromatic rings. The van der Waals surface area contributed by atoms with Crippen LogP contribution in [0.15, 0.2) is 30.3 Å². The van der Waals surface area contributed by atoms with Gasteiger partial charge in [-0.2, -0.15) is 0 Å². The van der Waals surface area contributed by atoms with Crippen molar-refractivity contribution in [1.29, 1.82) is 0 Å². The van der Waals surface area contributed by atoms with Crippen molar-refractivity contribution in [3.05, 3.63) is 35.9 Å². The first-order chi connectivity index (χ1) is 4.97. The molecule has 0 amide bonds. The molecule has 5 heteroatoms. The Kier molecular flexibility index (Phi) is 16.9. The minimum absolute atomic E-state index is 0. The van der Waals surface area contributed by atoms with E-state index in [-0.39, 0.29) is 91.1 Å². The van der Waals surface area contributed by atoms with Crippen LogP contribution in [-0.4, -0.2) is 33.9 Å². The predicted octanol–water partition coefficient (Wildman–Crippen LogP) is 1.17. The monoisotopic (exact) mass is 583 g/mol. The molecule has 0 spiro atoms. The molecule has 0 saturated carbocycles. The van der Waals surface area contributed by atoms with Gasteiger partial charge in [-0.1, -0.05) is 24.3 Å². The SMILES string of the molecule is C1=Cc2ccccc2OC1.[Cd].[Cu].[PbH2].[Zn]. The molecule has 1 aromatic carbocycles. The summed E-state index contributed by atoms with van der Waals surface area (Å²) >= 11 is 0. The van der Waals surface area contributed by atoms with E-state index < -0.39 is 0 Å². The van der Waals surface area contributed by atoms with Crippen LogP contribution in [0.1, 0.15) is 5.56 Å². The Balaban J connectivity index is -0.000000302. The van der Waals surface area contributed by atoms with Gasteiger partial charge in [-0.05, 0) is 12.1 Å². The van der Waals surface area contributed by atoms with E-state index in [9.17, 15) is 0 Å². The first-order valence-electron chi connectivity index (χ1n) is 3.35. The van der Waals surface area contributed by atoms with Crippen LogP contribution in [0.3, 0.4) is 0 Å². The Labute approximate surface area is 148 Å². The van der Waals surface area contributed by atoms with Gasteiger partial charge in [-0.25, -0.2) is 0 Å². The minimum Gasteiger partial charge on any atom is 0 e. The van der Waals surface area contributed by atoms with Crippen LogP contribution in [0.25, 0.3) is 6.08 Å². The van der Waals surface area contributed by atoms with E-state index in [1.807, 2.05) is 30.3 Å². The van der Waals surface area contributed by atoms with Crippen LogP contribution in [0.2, 0.25) is 0 Å². The average Bonchev–Trinajstić information content (AvgIpc) is 2.05. The molecule has 2 rings (SSSR count). The van der Waals surface area contributed by atoms with Gasteiger partial charge in [0.2, 0.25) is 0 Å².